The highest BCUT2D eigenvalue weighted by atomic mass is 31.2. The van der Waals surface area contributed by atoms with Gasteiger partial charge in [-0.05, 0) is 0 Å². The molecule has 0 fully saturated rings. The monoisotopic (exact) mass is 478 g/mol. The number of halogens is 13. The average Bonchev–Trinajstić information content (AvgIpc) is 2.34. The number of alkyl halides is 13. The zero-order valence-corrected chi connectivity index (χ0v) is 13.8. The van der Waals surface area contributed by atoms with Gasteiger partial charge < -0.3 is 22.1 Å². The van der Waals surface area contributed by atoms with Gasteiger partial charge in [0.05, 0.1) is 6.61 Å². The summed E-state index contributed by atoms with van der Waals surface area (Å²) in [7, 11) is -5.61. The van der Waals surface area contributed by atoms with Crippen LogP contribution < -0.4 is 12.3 Å². The largest absolute Gasteiger partial charge is 0.469 e. The lowest BCUT2D eigenvalue weighted by Gasteiger charge is -2.39. The van der Waals surface area contributed by atoms with Gasteiger partial charge in [0, 0.05) is 6.42 Å². The summed E-state index contributed by atoms with van der Waals surface area (Å²) in [5, 5.41) is 0. The fraction of sp³-hybridized carbons (Fsp3) is 1.00. The molecule has 8 N–H and O–H groups in total. The first-order valence-electron chi connectivity index (χ1n) is 5.61. The quantitative estimate of drug-likeness (QED) is 0.299. The predicted molar refractivity (Wildman–Crippen MR) is 63.4 cm³/mol. The molecule has 0 aromatic carbocycles. The van der Waals surface area contributed by atoms with E-state index in [2.05, 4.69) is 4.52 Å². The highest BCUT2D eigenvalue weighted by molar-refractivity contribution is 7.46. The fourth-order valence-corrected chi connectivity index (χ4v) is 1.58. The minimum absolute atomic E-state index is 0. The molecule has 0 aliphatic carbocycles. The Kier molecular flexibility index (Phi) is 9.62. The molecule has 0 spiro atoms. The molecule has 0 aliphatic rings. The lowest BCUT2D eigenvalue weighted by Crippen LogP contribution is -2.70. The molecular weight excluding hydrogens is 466 g/mol. The molecule has 0 heterocycles. The third-order valence-electron chi connectivity index (χ3n) is 2.67. The lowest BCUT2D eigenvalue weighted by atomic mass is 9.93. The van der Waals surface area contributed by atoms with Gasteiger partial charge in [0.25, 0.3) is 0 Å². The Morgan fingerprint density at radius 2 is 0.964 bits per heavy atom. The summed E-state index contributed by atoms with van der Waals surface area (Å²) in [5.74, 6) is -37.7. The van der Waals surface area contributed by atoms with Crippen LogP contribution in [0.25, 0.3) is 0 Å². The predicted octanol–water partition coefficient (Wildman–Crippen LogP) is 4.55. The molecule has 174 valence electrons. The van der Waals surface area contributed by atoms with Crippen molar-refractivity contribution in [2.75, 3.05) is 6.61 Å². The molecule has 0 atom stereocenters. The van der Waals surface area contributed by atoms with Gasteiger partial charge in [-0.3, -0.25) is 4.52 Å². The molecule has 20 heteroatoms. The molecule has 0 aliphatic heterocycles. The van der Waals surface area contributed by atoms with Gasteiger partial charge in [-0.15, -0.1) is 0 Å². The maximum atomic E-state index is 13.1. The summed E-state index contributed by atoms with van der Waals surface area (Å²) in [6.45, 7) is -2.16. The maximum Gasteiger partial charge on any atom is 0.469 e. The van der Waals surface area contributed by atoms with Crippen LogP contribution in [0.2, 0.25) is 0 Å². The van der Waals surface area contributed by atoms with Gasteiger partial charge in [0.1, 0.15) is 0 Å². The Bertz CT molecular complexity index is 561. The van der Waals surface area contributed by atoms with Crippen LogP contribution in [0.1, 0.15) is 6.42 Å². The van der Waals surface area contributed by atoms with E-state index in [9.17, 15) is 61.6 Å². The van der Waals surface area contributed by atoms with Crippen LogP contribution >= 0.6 is 7.82 Å². The second-order valence-corrected chi connectivity index (χ2v) is 5.81. The smallest absolute Gasteiger partial charge is 0.344 e. The molecule has 0 bridgehead atoms. The first kappa shape index (κ1) is 31.8. The Hall–Kier alpha value is -0.880. The summed E-state index contributed by atoms with van der Waals surface area (Å²) in [6.07, 6.45) is -10.3. The van der Waals surface area contributed by atoms with E-state index >= 15 is 0 Å². The summed E-state index contributed by atoms with van der Waals surface area (Å²) >= 11 is 0. The number of hydrogen-bond donors (Lipinski definition) is 4. The molecule has 0 rings (SSSR count). The average molecular weight is 478 g/mol. The van der Waals surface area contributed by atoms with Crippen LogP contribution in [0.15, 0.2) is 0 Å². The van der Waals surface area contributed by atoms with E-state index in [1.807, 2.05) is 0 Å². The SMILES string of the molecule is N.N.O=P(O)(O)OCCC(F)(F)C(F)(F)C(F)(F)C(F)(F)C(F)(F)C(F)(F)F. The molecule has 0 radical (unpaired) electrons. The van der Waals surface area contributed by atoms with E-state index in [4.69, 9.17) is 9.79 Å². The molecule has 0 aromatic rings. The summed E-state index contributed by atoms with van der Waals surface area (Å²) < 4.78 is 178. The van der Waals surface area contributed by atoms with Crippen molar-refractivity contribution in [1.29, 1.82) is 0 Å². The van der Waals surface area contributed by atoms with E-state index in [0.717, 1.165) is 0 Å². The van der Waals surface area contributed by atoms with Crippen LogP contribution in [-0.4, -0.2) is 52.2 Å². The first-order valence-corrected chi connectivity index (χ1v) is 7.14. The Morgan fingerprint density at radius 3 is 1.25 bits per heavy atom. The van der Waals surface area contributed by atoms with E-state index in [1.165, 1.54) is 0 Å². The van der Waals surface area contributed by atoms with Crippen molar-refractivity contribution in [2.45, 2.75) is 42.2 Å². The van der Waals surface area contributed by atoms with Crippen molar-refractivity contribution in [1.82, 2.24) is 12.3 Å². The van der Waals surface area contributed by atoms with Crippen molar-refractivity contribution in [3.05, 3.63) is 0 Å². The van der Waals surface area contributed by atoms with E-state index in [1.54, 1.807) is 0 Å². The number of hydrogen-bond acceptors (Lipinski definition) is 4. The van der Waals surface area contributed by atoms with Crippen molar-refractivity contribution in [3.63, 3.8) is 0 Å². The van der Waals surface area contributed by atoms with Crippen molar-refractivity contribution >= 4 is 7.82 Å². The molecular formula is C8H12F13N2O4P. The van der Waals surface area contributed by atoms with Crippen LogP contribution in [0.5, 0.6) is 0 Å². The third kappa shape index (κ3) is 5.38. The fourth-order valence-electron chi connectivity index (χ4n) is 1.25. The van der Waals surface area contributed by atoms with Crippen LogP contribution in [-0.2, 0) is 9.09 Å². The second-order valence-electron chi connectivity index (χ2n) is 4.57. The zero-order valence-electron chi connectivity index (χ0n) is 12.9. The molecule has 0 saturated heterocycles. The minimum Gasteiger partial charge on any atom is -0.344 e. The van der Waals surface area contributed by atoms with Crippen LogP contribution in [0, 0.1) is 0 Å². The van der Waals surface area contributed by atoms with Crippen LogP contribution in [0.3, 0.4) is 0 Å². The summed E-state index contributed by atoms with van der Waals surface area (Å²) in [4.78, 5) is 16.1. The summed E-state index contributed by atoms with van der Waals surface area (Å²) in [5.41, 5.74) is 0. The summed E-state index contributed by atoms with van der Waals surface area (Å²) in [6, 6.07) is 0. The Labute approximate surface area is 146 Å². The van der Waals surface area contributed by atoms with Gasteiger partial charge in [0.15, 0.2) is 0 Å². The number of phosphoric acid groups is 1. The minimum atomic E-state index is -8.02. The van der Waals surface area contributed by atoms with E-state index < -0.39 is 56.6 Å². The van der Waals surface area contributed by atoms with Gasteiger partial charge in [-0.1, -0.05) is 0 Å². The van der Waals surface area contributed by atoms with Gasteiger partial charge in [0.2, 0.25) is 0 Å². The molecule has 0 saturated carbocycles. The van der Waals surface area contributed by atoms with Gasteiger partial charge in [-0.25, -0.2) is 4.57 Å². The lowest BCUT2D eigenvalue weighted by molar-refractivity contribution is -0.440. The van der Waals surface area contributed by atoms with Crippen molar-refractivity contribution in [3.8, 4) is 0 Å². The third-order valence-corrected chi connectivity index (χ3v) is 3.19. The zero-order chi connectivity index (χ0) is 21.6. The molecule has 0 aromatic heterocycles. The highest BCUT2D eigenvalue weighted by Crippen LogP contribution is 2.60. The normalized spacial score (nSPS) is 15.0. The molecule has 6 nitrogen and oxygen atoms in total. The molecule has 0 unspecified atom stereocenters. The topological polar surface area (TPSA) is 137 Å². The van der Waals surface area contributed by atoms with Crippen molar-refractivity contribution in [2.24, 2.45) is 0 Å². The maximum absolute atomic E-state index is 13.1. The number of phosphoric ester groups is 1. The second kappa shape index (κ2) is 8.47. The Balaban J connectivity index is -0.00000312. The van der Waals surface area contributed by atoms with Gasteiger partial charge >= 0.3 is 43.6 Å². The number of rotatable bonds is 8. The Morgan fingerprint density at radius 1 is 0.643 bits per heavy atom. The highest BCUT2D eigenvalue weighted by Gasteiger charge is 2.90. The molecule has 0 amide bonds. The standard InChI is InChI=1S/C8H6F13O4P.2H3N/c9-3(10,1-2-25-26(22,23)24)4(11,12)5(13,14)6(15,16)7(17,18)8(19,20)21;;/h1-2H2,(H2,22,23,24);2*1H3. The molecule has 28 heavy (non-hydrogen) atoms. The van der Waals surface area contributed by atoms with Gasteiger partial charge in [-0.2, -0.15) is 57.1 Å². The first-order chi connectivity index (χ1) is 11.0. The van der Waals surface area contributed by atoms with Crippen molar-refractivity contribution < 1.29 is 76.0 Å². The van der Waals surface area contributed by atoms with Crippen LogP contribution in [0.4, 0.5) is 57.1 Å². The van der Waals surface area contributed by atoms with E-state index in [-0.39, 0.29) is 12.3 Å². The van der Waals surface area contributed by atoms with E-state index in [0.29, 0.717) is 0 Å².